The zero-order chi connectivity index (χ0) is 9.90. The third kappa shape index (κ3) is 3.66. The Hall–Kier alpha value is -0.730. The first kappa shape index (κ1) is 10.4. The molecule has 1 rings (SSSR count). The van der Waals surface area contributed by atoms with E-state index in [1.54, 1.807) is 0 Å². The van der Waals surface area contributed by atoms with Crippen LogP contribution in [-0.4, -0.2) is 29.6 Å². The average molecular weight is 184 g/mol. The van der Waals surface area contributed by atoms with E-state index in [-0.39, 0.29) is 11.6 Å². The van der Waals surface area contributed by atoms with Crippen molar-refractivity contribution in [2.24, 2.45) is 0 Å². The lowest BCUT2D eigenvalue weighted by Crippen LogP contribution is -2.49. The van der Waals surface area contributed by atoms with Gasteiger partial charge in [-0.05, 0) is 40.0 Å². The predicted octanol–water partition coefficient (Wildman–Crippen LogP) is 1.98. The van der Waals surface area contributed by atoms with E-state index in [0.29, 0.717) is 0 Å². The van der Waals surface area contributed by atoms with Crippen LogP contribution in [0, 0.1) is 0 Å². The smallest absolute Gasteiger partial charge is 0.317 e. The molecule has 0 aromatic heterocycles. The fourth-order valence-corrected chi connectivity index (χ4v) is 1.50. The Morgan fingerprint density at radius 1 is 1.15 bits per heavy atom. The second kappa shape index (κ2) is 3.99. The topological polar surface area (TPSA) is 32.3 Å². The third-order valence-electron chi connectivity index (χ3n) is 2.13. The molecule has 76 valence electrons. The lowest BCUT2D eigenvalue weighted by atomic mass is 10.1. The van der Waals surface area contributed by atoms with Gasteiger partial charge in [0, 0.05) is 18.6 Å². The van der Waals surface area contributed by atoms with Gasteiger partial charge >= 0.3 is 6.03 Å². The first-order chi connectivity index (χ1) is 5.99. The van der Waals surface area contributed by atoms with Crippen LogP contribution in [-0.2, 0) is 0 Å². The maximum atomic E-state index is 11.6. The minimum absolute atomic E-state index is 0.0900. The molecule has 0 spiro atoms. The summed E-state index contributed by atoms with van der Waals surface area (Å²) in [6, 6.07) is 0.0900. The van der Waals surface area contributed by atoms with Gasteiger partial charge in [0.05, 0.1) is 0 Å². The van der Waals surface area contributed by atoms with E-state index in [9.17, 15) is 4.79 Å². The number of carbonyl (C=O) groups is 1. The number of hydrogen-bond donors (Lipinski definition) is 1. The molecule has 1 N–H and O–H groups in total. The van der Waals surface area contributed by atoms with Crippen LogP contribution < -0.4 is 5.32 Å². The standard InChI is InChI=1S/C10H20N2O/c1-10(2,3)11-9(13)12-7-5-4-6-8-12/h4-8H2,1-3H3,(H,11,13). The molecular weight excluding hydrogens is 164 g/mol. The molecule has 1 heterocycles. The van der Waals surface area contributed by atoms with Gasteiger partial charge in [-0.15, -0.1) is 0 Å². The molecule has 0 atom stereocenters. The van der Waals surface area contributed by atoms with Gasteiger partial charge in [-0.3, -0.25) is 0 Å². The van der Waals surface area contributed by atoms with Crippen molar-refractivity contribution in [3.05, 3.63) is 0 Å². The van der Waals surface area contributed by atoms with Crippen molar-refractivity contribution in [1.82, 2.24) is 10.2 Å². The van der Waals surface area contributed by atoms with E-state index in [2.05, 4.69) is 5.32 Å². The summed E-state index contributed by atoms with van der Waals surface area (Å²) in [6.07, 6.45) is 3.56. The predicted molar refractivity (Wildman–Crippen MR) is 53.7 cm³/mol. The minimum atomic E-state index is -0.117. The Morgan fingerprint density at radius 2 is 1.69 bits per heavy atom. The van der Waals surface area contributed by atoms with E-state index < -0.39 is 0 Å². The van der Waals surface area contributed by atoms with Crippen molar-refractivity contribution in [1.29, 1.82) is 0 Å². The van der Waals surface area contributed by atoms with E-state index in [1.165, 1.54) is 6.42 Å². The molecule has 1 aliphatic heterocycles. The van der Waals surface area contributed by atoms with Gasteiger partial charge in [0.25, 0.3) is 0 Å². The highest BCUT2D eigenvalue weighted by Gasteiger charge is 2.20. The van der Waals surface area contributed by atoms with Gasteiger partial charge in [0.15, 0.2) is 0 Å². The molecule has 0 aromatic carbocycles. The summed E-state index contributed by atoms with van der Waals surface area (Å²) in [7, 11) is 0. The van der Waals surface area contributed by atoms with Gasteiger partial charge in [-0.25, -0.2) is 4.79 Å². The largest absolute Gasteiger partial charge is 0.333 e. The molecule has 0 bridgehead atoms. The number of hydrogen-bond acceptors (Lipinski definition) is 1. The SMILES string of the molecule is CC(C)(C)NC(=O)N1CCCCC1. The number of nitrogens with zero attached hydrogens (tertiary/aromatic N) is 1. The zero-order valence-corrected chi connectivity index (χ0v) is 8.89. The molecule has 0 radical (unpaired) electrons. The van der Waals surface area contributed by atoms with Gasteiger partial charge in [-0.2, -0.15) is 0 Å². The first-order valence-corrected chi connectivity index (χ1v) is 5.06. The highest BCUT2D eigenvalue weighted by Crippen LogP contribution is 2.09. The highest BCUT2D eigenvalue weighted by molar-refractivity contribution is 5.74. The van der Waals surface area contributed by atoms with Gasteiger partial charge in [0.2, 0.25) is 0 Å². The lowest BCUT2D eigenvalue weighted by molar-refractivity contribution is 0.178. The number of rotatable bonds is 0. The number of amides is 2. The van der Waals surface area contributed by atoms with Gasteiger partial charge < -0.3 is 10.2 Å². The molecule has 1 fully saturated rings. The normalized spacial score (nSPS) is 18.5. The summed E-state index contributed by atoms with van der Waals surface area (Å²) in [4.78, 5) is 13.5. The number of nitrogens with one attached hydrogen (secondary N) is 1. The Morgan fingerprint density at radius 3 is 2.15 bits per heavy atom. The van der Waals surface area contributed by atoms with Crippen LogP contribution in [0.5, 0.6) is 0 Å². The maximum absolute atomic E-state index is 11.6. The third-order valence-corrected chi connectivity index (χ3v) is 2.13. The number of carbonyl (C=O) groups excluding carboxylic acids is 1. The van der Waals surface area contributed by atoms with Crippen molar-refractivity contribution in [3.8, 4) is 0 Å². The summed E-state index contributed by atoms with van der Waals surface area (Å²) in [5.41, 5.74) is -0.117. The van der Waals surface area contributed by atoms with E-state index in [4.69, 9.17) is 0 Å². The molecule has 3 heteroatoms. The van der Waals surface area contributed by atoms with Crippen LogP contribution in [0.1, 0.15) is 40.0 Å². The molecular formula is C10H20N2O. The number of urea groups is 1. The Kier molecular flexibility index (Phi) is 3.17. The summed E-state index contributed by atoms with van der Waals surface area (Å²) in [5, 5.41) is 2.98. The summed E-state index contributed by atoms with van der Waals surface area (Å²) in [6.45, 7) is 7.86. The van der Waals surface area contributed by atoms with Gasteiger partial charge in [0.1, 0.15) is 0 Å². The second-order valence-electron chi connectivity index (χ2n) is 4.73. The fourth-order valence-electron chi connectivity index (χ4n) is 1.50. The van der Waals surface area contributed by atoms with Crippen LogP contribution >= 0.6 is 0 Å². The Balaban J connectivity index is 2.38. The number of piperidine rings is 1. The zero-order valence-electron chi connectivity index (χ0n) is 8.89. The molecule has 3 nitrogen and oxygen atoms in total. The summed E-state index contributed by atoms with van der Waals surface area (Å²) < 4.78 is 0. The van der Waals surface area contributed by atoms with E-state index in [0.717, 1.165) is 25.9 Å². The maximum Gasteiger partial charge on any atom is 0.317 e. The monoisotopic (exact) mass is 184 g/mol. The van der Waals surface area contributed by atoms with Crippen molar-refractivity contribution in [2.45, 2.75) is 45.6 Å². The summed E-state index contributed by atoms with van der Waals surface area (Å²) >= 11 is 0. The van der Waals surface area contributed by atoms with Crippen LogP contribution in [0.15, 0.2) is 0 Å². The molecule has 2 amide bonds. The molecule has 1 aliphatic rings. The first-order valence-electron chi connectivity index (χ1n) is 5.06. The quantitative estimate of drug-likeness (QED) is 0.613. The number of likely N-dealkylation sites (tertiary alicyclic amines) is 1. The average Bonchev–Trinajstić information content (AvgIpc) is 2.03. The molecule has 0 aromatic rings. The molecule has 1 saturated heterocycles. The van der Waals surface area contributed by atoms with Crippen molar-refractivity contribution >= 4 is 6.03 Å². The molecule has 13 heavy (non-hydrogen) atoms. The van der Waals surface area contributed by atoms with Crippen molar-refractivity contribution in [2.75, 3.05) is 13.1 Å². The van der Waals surface area contributed by atoms with Gasteiger partial charge in [-0.1, -0.05) is 0 Å². The Bertz CT molecular complexity index is 178. The van der Waals surface area contributed by atoms with Crippen LogP contribution in [0.25, 0.3) is 0 Å². The lowest BCUT2D eigenvalue weighted by Gasteiger charge is -2.30. The minimum Gasteiger partial charge on any atom is -0.333 e. The molecule has 0 saturated carbocycles. The van der Waals surface area contributed by atoms with Crippen molar-refractivity contribution in [3.63, 3.8) is 0 Å². The fraction of sp³-hybridized carbons (Fsp3) is 0.900. The van der Waals surface area contributed by atoms with Crippen molar-refractivity contribution < 1.29 is 4.79 Å². The van der Waals surface area contributed by atoms with Crippen LogP contribution in [0.2, 0.25) is 0 Å². The van der Waals surface area contributed by atoms with Crippen LogP contribution in [0.3, 0.4) is 0 Å². The van der Waals surface area contributed by atoms with E-state index >= 15 is 0 Å². The van der Waals surface area contributed by atoms with E-state index in [1.807, 2.05) is 25.7 Å². The van der Waals surface area contributed by atoms with Crippen LogP contribution in [0.4, 0.5) is 4.79 Å². The Labute approximate surface area is 80.5 Å². The highest BCUT2D eigenvalue weighted by atomic mass is 16.2. The second-order valence-corrected chi connectivity index (χ2v) is 4.73. The summed E-state index contributed by atoms with van der Waals surface area (Å²) in [5.74, 6) is 0. The molecule has 0 aliphatic carbocycles. The molecule has 0 unspecified atom stereocenters.